The van der Waals surface area contributed by atoms with Crippen molar-refractivity contribution in [3.05, 3.63) is 0 Å². The molecule has 3 nitrogen and oxygen atoms in total. The number of nitrogens with one attached hydrogen (secondary N) is 1. The first-order valence-electron chi connectivity index (χ1n) is 4.94. The number of aliphatic hydroxyl groups is 1. The van der Waals surface area contributed by atoms with Crippen LogP contribution in [-0.2, 0) is 0 Å². The van der Waals surface area contributed by atoms with Crippen LogP contribution in [0.4, 0.5) is 0 Å². The van der Waals surface area contributed by atoms with Gasteiger partial charge in [0.2, 0.25) is 0 Å². The van der Waals surface area contributed by atoms with Crippen molar-refractivity contribution in [1.29, 1.82) is 0 Å². The van der Waals surface area contributed by atoms with Crippen molar-refractivity contribution >= 4 is 0 Å². The lowest BCUT2D eigenvalue weighted by atomic mass is 9.75. The summed E-state index contributed by atoms with van der Waals surface area (Å²) in [6.07, 6.45) is 3.69. The van der Waals surface area contributed by atoms with Crippen LogP contribution >= 0.6 is 0 Å². The SMILES string of the molecule is OCC1(N2CCNCC2)CCC1. The predicted molar refractivity (Wildman–Crippen MR) is 48.1 cm³/mol. The Kier molecular flexibility index (Phi) is 2.35. The largest absolute Gasteiger partial charge is 0.394 e. The van der Waals surface area contributed by atoms with E-state index in [0.717, 1.165) is 26.2 Å². The molecule has 2 rings (SSSR count). The average Bonchev–Trinajstić information content (AvgIpc) is 2.05. The van der Waals surface area contributed by atoms with E-state index in [-0.39, 0.29) is 5.54 Å². The molecule has 0 bridgehead atoms. The monoisotopic (exact) mass is 170 g/mol. The molecule has 2 aliphatic rings. The zero-order valence-electron chi connectivity index (χ0n) is 7.55. The first-order valence-corrected chi connectivity index (χ1v) is 4.94. The Labute approximate surface area is 73.8 Å². The van der Waals surface area contributed by atoms with Crippen molar-refractivity contribution < 1.29 is 5.11 Å². The van der Waals surface area contributed by atoms with Crippen molar-refractivity contribution in [3.63, 3.8) is 0 Å². The molecule has 1 aliphatic heterocycles. The highest BCUT2D eigenvalue weighted by atomic mass is 16.3. The fraction of sp³-hybridized carbons (Fsp3) is 1.00. The lowest BCUT2D eigenvalue weighted by molar-refractivity contribution is -0.0349. The van der Waals surface area contributed by atoms with E-state index in [4.69, 9.17) is 0 Å². The average molecular weight is 170 g/mol. The van der Waals surface area contributed by atoms with Crippen molar-refractivity contribution in [2.45, 2.75) is 24.8 Å². The molecule has 2 fully saturated rings. The Morgan fingerprint density at radius 2 is 1.92 bits per heavy atom. The molecule has 1 saturated carbocycles. The van der Waals surface area contributed by atoms with E-state index in [1.165, 1.54) is 19.3 Å². The molecule has 0 spiro atoms. The fourth-order valence-corrected chi connectivity index (χ4v) is 2.30. The number of hydrogen-bond donors (Lipinski definition) is 2. The molecule has 0 aromatic rings. The van der Waals surface area contributed by atoms with Crippen LogP contribution in [0.5, 0.6) is 0 Å². The van der Waals surface area contributed by atoms with Crippen molar-refractivity contribution in [1.82, 2.24) is 10.2 Å². The molecule has 0 aromatic carbocycles. The predicted octanol–water partition coefficient (Wildman–Crippen LogP) is -0.193. The summed E-state index contributed by atoms with van der Waals surface area (Å²) in [6.45, 7) is 4.75. The molecule has 3 heteroatoms. The summed E-state index contributed by atoms with van der Waals surface area (Å²) in [5.74, 6) is 0. The molecule has 0 unspecified atom stereocenters. The van der Waals surface area contributed by atoms with E-state index < -0.39 is 0 Å². The van der Waals surface area contributed by atoms with Crippen molar-refractivity contribution in [2.75, 3.05) is 32.8 Å². The normalized spacial score (nSPS) is 29.8. The van der Waals surface area contributed by atoms with Gasteiger partial charge in [0.25, 0.3) is 0 Å². The molecule has 0 radical (unpaired) electrons. The molecular formula is C9H18N2O. The van der Waals surface area contributed by atoms with Crippen LogP contribution in [0.15, 0.2) is 0 Å². The van der Waals surface area contributed by atoms with Crippen LogP contribution in [0.3, 0.4) is 0 Å². The minimum Gasteiger partial charge on any atom is -0.394 e. The lowest BCUT2D eigenvalue weighted by Crippen LogP contribution is -2.61. The number of aliphatic hydroxyl groups excluding tert-OH is 1. The lowest BCUT2D eigenvalue weighted by Gasteiger charge is -2.50. The van der Waals surface area contributed by atoms with Gasteiger partial charge < -0.3 is 10.4 Å². The first-order chi connectivity index (χ1) is 5.87. The first kappa shape index (κ1) is 8.48. The van der Waals surface area contributed by atoms with Gasteiger partial charge in [0.1, 0.15) is 0 Å². The zero-order valence-corrected chi connectivity index (χ0v) is 7.55. The van der Waals surface area contributed by atoms with E-state index in [0.29, 0.717) is 6.61 Å². The minimum absolute atomic E-state index is 0.183. The van der Waals surface area contributed by atoms with Gasteiger partial charge >= 0.3 is 0 Å². The van der Waals surface area contributed by atoms with E-state index >= 15 is 0 Å². The van der Waals surface area contributed by atoms with Gasteiger partial charge in [0.05, 0.1) is 6.61 Å². The third-order valence-electron chi connectivity index (χ3n) is 3.37. The number of nitrogens with zero attached hydrogens (tertiary/aromatic N) is 1. The summed E-state index contributed by atoms with van der Waals surface area (Å²) in [7, 11) is 0. The molecular weight excluding hydrogens is 152 g/mol. The van der Waals surface area contributed by atoms with Gasteiger partial charge in [-0.3, -0.25) is 4.90 Å². The molecule has 70 valence electrons. The second kappa shape index (κ2) is 3.32. The Balaban J connectivity index is 1.95. The van der Waals surface area contributed by atoms with Crippen LogP contribution in [-0.4, -0.2) is 48.3 Å². The summed E-state index contributed by atoms with van der Waals surface area (Å²) >= 11 is 0. The topological polar surface area (TPSA) is 35.5 Å². The maximum absolute atomic E-state index is 9.33. The number of hydrogen-bond acceptors (Lipinski definition) is 3. The summed E-state index contributed by atoms with van der Waals surface area (Å²) in [5, 5.41) is 12.7. The smallest absolute Gasteiger partial charge is 0.0615 e. The van der Waals surface area contributed by atoms with Gasteiger partial charge in [0, 0.05) is 31.7 Å². The van der Waals surface area contributed by atoms with Crippen LogP contribution in [0.1, 0.15) is 19.3 Å². The molecule has 1 heterocycles. The highest BCUT2D eigenvalue weighted by Gasteiger charge is 2.41. The number of rotatable bonds is 2. The fourth-order valence-electron chi connectivity index (χ4n) is 2.30. The van der Waals surface area contributed by atoms with Gasteiger partial charge in [-0.1, -0.05) is 0 Å². The van der Waals surface area contributed by atoms with Crippen LogP contribution in [0.2, 0.25) is 0 Å². The Bertz CT molecular complexity index is 145. The third-order valence-corrected chi connectivity index (χ3v) is 3.37. The van der Waals surface area contributed by atoms with E-state index in [9.17, 15) is 5.11 Å². The van der Waals surface area contributed by atoms with Crippen molar-refractivity contribution in [3.8, 4) is 0 Å². The van der Waals surface area contributed by atoms with E-state index in [2.05, 4.69) is 10.2 Å². The Hall–Kier alpha value is -0.120. The quantitative estimate of drug-likeness (QED) is 0.603. The molecule has 0 amide bonds. The molecule has 1 aliphatic carbocycles. The maximum atomic E-state index is 9.33. The highest BCUT2D eigenvalue weighted by Crippen LogP contribution is 2.37. The molecule has 0 atom stereocenters. The van der Waals surface area contributed by atoms with Crippen LogP contribution in [0.25, 0.3) is 0 Å². The second-order valence-corrected chi connectivity index (χ2v) is 3.97. The molecule has 2 N–H and O–H groups in total. The van der Waals surface area contributed by atoms with Gasteiger partial charge in [-0.15, -0.1) is 0 Å². The second-order valence-electron chi connectivity index (χ2n) is 3.97. The minimum atomic E-state index is 0.183. The van der Waals surface area contributed by atoms with Gasteiger partial charge in [-0.2, -0.15) is 0 Å². The Morgan fingerprint density at radius 1 is 1.25 bits per heavy atom. The molecule has 0 aromatic heterocycles. The van der Waals surface area contributed by atoms with Gasteiger partial charge in [0.15, 0.2) is 0 Å². The van der Waals surface area contributed by atoms with Gasteiger partial charge in [-0.05, 0) is 19.3 Å². The standard InChI is InChI=1S/C9H18N2O/c12-8-9(2-1-3-9)11-6-4-10-5-7-11/h10,12H,1-8H2. The van der Waals surface area contributed by atoms with E-state index in [1.54, 1.807) is 0 Å². The third kappa shape index (κ3) is 1.26. The highest BCUT2D eigenvalue weighted by molar-refractivity contribution is 4.98. The van der Waals surface area contributed by atoms with E-state index in [1.807, 2.05) is 0 Å². The van der Waals surface area contributed by atoms with Crippen LogP contribution < -0.4 is 5.32 Å². The number of piperazine rings is 1. The molecule has 12 heavy (non-hydrogen) atoms. The summed E-state index contributed by atoms with van der Waals surface area (Å²) in [6, 6.07) is 0. The Morgan fingerprint density at radius 3 is 2.33 bits per heavy atom. The zero-order chi connectivity index (χ0) is 8.44. The molecule has 1 saturated heterocycles. The summed E-state index contributed by atoms with van der Waals surface area (Å²) in [5.41, 5.74) is 0.183. The maximum Gasteiger partial charge on any atom is 0.0615 e. The summed E-state index contributed by atoms with van der Waals surface area (Å²) < 4.78 is 0. The van der Waals surface area contributed by atoms with Crippen molar-refractivity contribution in [2.24, 2.45) is 0 Å². The van der Waals surface area contributed by atoms with Crippen LogP contribution in [0, 0.1) is 0 Å². The summed E-state index contributed by atoms with van der Waals surface area (Å²) in [4.78, 5) is 2.47. The van der Waals surface area contributed by atoms with Gasteiger partial charge in [-0.25, -0.2) is 0 Å².